The number of aromatic amines is 3. The quantitative estimate of drug-likeness (QED) is 0.0390. The Balaban J connectivity index is 0.000000147. The van der Waals surface area contributed by atoms with Crippen LogP contribution in [0.15, 0.2) is 55.0 Å². The zero-order chi connectivity index (χ0) is 63.8. The van der Waals surface area contributed by atoms with Crippen molar-refractivity contribution in [2.24, 2.45) is 23.2 Å². The molecule has 3 aromatic carbocycles. The predicted octanol–water partition coefficient (Wildman–Crippen LogP) is 11.2. The van der Waals surface area contributed by atoms with Crippen molar-refractivity contribution >= 4 is 101 Å². The highest BCUT2D eigenvalue weighted by atomic mass is 35.5. The molecule has 4 aliphatic heterocycles. The zero-order valence-electron chi connectivity index (χ0n) is 49.0. The first-order valence-electron chi connectivity index (χ1n) is 30.1. The van der Waals surface area contributed by atoms with Gasteiger partial charge < -0.3 is 46.0 Å². The van der Waals surface area contributed by atoms with Gasteiger partial charge in [-0.2, -0.15) is 15.3 Å². The standard InChI is InChI=1S/C21H27ClF2N4O3S.C20H25ClF2N4O2.C19H23ClF2N4O2/c1-32(31)8-4-16(5-9-32)26-20(30)28-6-2-14(3-7-28)21(23,24)19(29)17-11-15(22)10-13-12-25-27-18(13)17;1-19(4-5-19)11-24-18(29)27-6-2-13(3-7-27)20(22,23)17(28)15-9-14(21)8-12-10-25-26-16(12)15;20-13-8-11-10-23-25-16(11)15(9-13)17(27)19(21,22)12-4-6-26(7-5-12)18(28)24-14-2-1-3-14/h10-12,14,16,19,29H,1-9H2,(H,25,27)(H,26,30);8-10,13,17,28H,2-7,11H2,1H3,(H,24,29)(H,25,26);8-10,12,14,17,27H,1-7H2,(H,23,25)(H,24,28). The minimum Gasteiger partial charge on any atom is -0.382 e. The van der Waals surface area contributed by atoms with Crippen molar-refractivity contribution in [3.05, 3.63) is 86.7 Å². The number of aliphatic hydroxyl groups excluding tert-OH is 3. The fourth-order valence-electron chi connectivity index (χ4n) is 12.5. The van der Waals surface area contributed by atoms with Gasteiger partial charge in [-0.15, -0.1) is 0 Å². The largest absolute Gasteiger partial charge is 0.382 e. The fraction of sp³-hybridized carbons (Fsp3) is 0.583. The number of halogens is 9. The Bertz CT molecular complexity index is 3590. The van der Waals surface area contributed by atoms with Gasteiger partial charge in [-0.3, -0.25) is 19.5 Å². The van der Waals surface area contributed by atoms with Gasteiger partial charge in [-0.25, -0.2) is 40.7 Å². The van der Waals surface area contributed by atoms with Gasteiger partial charge in [0.2, 0.25) is 0 Å². The Morgan fingerprint density at radius 3 is 1.19 bits per heavy atom. The average molecular weight is 1330 g/mol. The first-order valence-corrected chi connectivity index (χ1v) is 33.3. The zero-order valence-corrected chi connectivity index (χ0v) is 52.1. The van der Waals surface area contributed by atoms with E-state index in [1.165, 1.54) is 41.7 Å². The molecule has 6 fully saturated rings. The molecule has 9 N–H and O–H groups in total. The van der Waals surface area contributed by atoms with E-state index in [1.807, 2.05) is 0 Å². The highest BCUT2D eigenvalue weighted by Gasteiger charge is 2.52. The summed E-state index contributed by atoms with van der Waals surface area (Å²) in [5.41, 5.74) is 1.32. The molecule has 2 saturated carbocycles. The topological polar surface area (TPSA) is 261 Å². The number of amides is 6. The summed E-state index contributed by atoms with van der Waals surface area (Å²) in [6.45, 7) is 4.07. The summed E-state index contributed by atoms with van der Waals surface area (Å²) in [4.78, 5) is 41.8. The van der Waals surface area contributed by atoms with Crippen LogP contribution in [0.5, 0.6) is 0 Å². The van der Waals surface area contributed by atoms with E-state index in [2.05, 4.69) is 59.3 Å². The van der Waals surface area contributed by atoms with Gasteiger partial charge in [0.1, 0.15) is 18.3 Å². The summed E-state index contributed by atoms with van der Waals surface area (Å²) in [7, 11) is -2.03. The van der Waals surface area contributed by atoms with Crippen molar-refractivity contribution in [1.29, 1.82) is 0 Å². The summed E-state index contributed by atoms with van der Waals surface area (Å²) < 4.78 is 103. The van der Waals surface area contributed by atoms with Gasteiger partial charge in [0.15, 0.2) is 0 Å². The summed E-state index contributed by atoms with van der Waals surface area (Å²) >= 11 is 18.1. The van der Waals surface area contributed by atoms with E-state index in [1.54, 1.807) is 28.0 Å². The number of nitrogens with zero attached hydrogens (tertiary/aromatic N) is 6. The maximum Gasteiger partial charge on any atom is 0.317 e. The van der Waals surface area contributed by atoms with Gasteiger partial charge >= 0.3 is 18.1 Å². The lowest BCUT2D eigenvalue weighted by Crippen LogP contribution is -2.51. The average Bonchev–Trinajstić information content (AvgIpc) is 1.83. The molecule has 7 heterocycles. The van der Waals surface area contributed by atoms with Gasteiger partial charge in [-0.05, 0) is 141 Å². The molecule has 6 aliphatic rings. The molecule has 3 unspecified atom stereocenters. The highest BCUT2D eigenvalue weighted by Crippen LogP contribution is 2.48. The molecule has 0 radical (unpaired) electrons. The van der Waals surface area contributed by atoms with Crippen molar-refractivity contribution in [3.8, 4) is 0 Å². The molecule has 12 rings (SSSR count). The molecule has 6 amide bonds. The molecule has 3 aromatic heterocycles. The lowest BCUT2D eigenvalue weighted by atomic mass is 9.85. The van der Waals surface area contributed by atoms with Crippen molar-refractivity contribution in [1.82, 2.24) is 61.2 Å². The van der Waals surface area contributed by atoms with E-state index < -0.39 is 63.4 Å². The Morgan fingerprint density at radius 1 is 0.573 bits per heavy atom. The Labute approximate surface area is 525 Å². The molecule has 486 valence electrons. The summed E-state index contributed by atoms with van der Waals surface area (Å²) in [5, 5.41) is 62.4. The number of H-pyrrole nitrogens is 3. The molecule has 89 heavy (non-hydrogen) atoms. The van der Waals surface area contributed by atoms with Crippen LogP contribution in [-0.4, -0.2) is 176 Å². The number of aromatic nitrogens is 6. The van der Waals surface area contributed by atoms with Gasteiger partial charge in [-0.1, -0.05) is 41.7 Å². The molecule has 4 saturated heterocycles. The third-order valence-electron chi connectivity index (χ3n) is 18.8. The van der Waals surface area contributed by atoms with Gasteiger partial charge in [0, 0.05) is 135 Å². The molecule has 0 bridgehead atoms. The van der Waals surface area contributed by atoms with Crippen LogP contribution >= 0.6 is 34.8 Å². The number of urea groups is 3. The fourth-order valence-corrected chi connectivity index (χ4v) is 14.8. The molecular weight excluding hydrogens is 1250 g/mol. The van der Waals surface area contributed by atoms with E-state index in [0.717, 1.165) is 32.1 Å². The van der Waals surface area contributed by atoms with Crippen LogP contribution in [0, 0.1) is 23.2 Å². The van der Waals surface area contributed by atoms with E-state index in [-0.39, 0.29) is 145 Å². The minimum atomic E-state index is -3.40. The first-order chi connectivity index (χ1) is 42.1. The van der Waals surface area contributed by atoms with Crippen LogP contribution in [0.3, 0.4) is 0 Å². The number of hydrogen-bond acceptors (Lipinski definition) is 10. The predicted molar refractivity (Wildman–Crippen MR) is 329 cm³/mol. The second kappa shape index (κ2) is 26.8. The normalized spacial score (nSPS) is 22.5. The third-order valence-corrected chi connectivity index (χ3v) is 21.4. The number of carbonyl (C=O) groups is 3. The summed E-state index contributed by atoms with van der Waals surface area (Å²) in [6.07, 6.45) is 5.53. The first kappa shape index (κ1) is 66.2. The Kier molecular flexibility index (Phi) is 19.9. The van der Waals surface area contributed by atoms with E-state index in [4.69, 9.17) is 34.8 Å². The van der Waals surface area contributed by atoms with Crippen LogP contribution in [0.1, 0.15) is 125 Å². The van der Waals surface area contributed by atoms with Gasteiger partial charge in [0.05, 0.1) is 35.1 Å². The number of aliphatic hydroxyl groups is 3. The van der Waals surface area contributed by atoms with Crippen molar-refractivity contribution in [2.75, 3.05) is 57.3 Å². The molecule has 0 spiro atoms. The minimum absolute atomic E-state index is 0.00876. The number of nitrogens with one attached hydrogen (secondary N) is 6. The number of fused-ring (bicyclic) bond motifs is 3. The summed E-state index contributed by atoms with van der Waals surface area (Å²) in [5.74, 6) is -8.55. The van der Waals surface area contributed by atoms with E-state index in [0.29, 0.717) is 63.6 Å². The van der Waals surface area contributed by atoms with Crippen LogP contribution in [0.4, 0.5) is 40.7 Å². The SMILES string of the molecule is C=S1(=O)CCC(NC(=O)N2CCC(C(F)(F)C(O)c3cc(Cl)cc4cn[nH]c34)CC2)CC1.CC1(CNC(=O)N2CCC(C(F)(F)C(O)c3cc(Cl)cc4cn[nH]c34)CC2)CC1.O=C(NC1CCC1)N1CCC(C(F)(F)C(O)c2cc(Cl)cc3cn[nH]c23)CC1. The number of benzene rings is 3. The van der Waals surface area contributed by atoms with Crippen molar-refractivity contribution in [3.63, 3.8) is 0 Å². The maximum absolute atomic E-state index is 15.2. The second-order valence-corrected chi connectivity index (χ2v) is 29.2. The van der Waals surface area contributed by atoms with Crippen LogP contribution in [-0.2, 0) is 9.52 Å². The number of rotatable bonds is 13. The smallest absolute Gasteiger partial charge is 0.317 e. The number of likely N-dealkylation sites (tertiary alicyclic amines) is 3. The molecule has 29 heteroatoms. The molecule has 2 aliphatic carbocycles. The molecule has 6 aromatic rings. The van der Waals surface area contributed by atoms with E-state index >= 15 is 26.3 Å². The van der Waals surface area contributed by atoms with Gasteiger partial charge in [0.25, 0.3) is 17.8 Å². The second-order valence-electron chi connectivity index (χ2n) is 25.1. The Hall–Kier alpha value is -5.77. The van der Waals surface area contributed by atoms with Crippen LogP contribution < -0.4 is 16.0 Å². The van der Waals surface area contributed by atoms with Crippen molar-refractivity contribution in [2.45, 2.75) is 139 Å². The maximum atomic E-state index is 15.2. The van der Waals surface area contributed by atoms with Crippen molar-refractivity contribution < 1.29 is 60.3 Å². The number of alkyl halides is 6. The molecule has 3 atom stereocenters. The molecular formula is C60H75Cl3F6N12O7S. The van der Waals surface area contributed by atoms with Crippen LogP contribution in [0.2, 0.25) is 15.1 Å². The van der Waals surface area contributed by atoms with Crippen LogP contribution in [0.25, 0.3) is 32.7 Å². The summed E-state index contributed by atoms with van der Waals surface area (Å²) in [6, 6.07) is 8.31. The monoisotopic (exact) mass is 1330 g/mol. The number of piperidine rings is 3. The number of hydrogen-bond donors (Lipinski definition) is 9. The Morgan fingerprint density at radius 2 is 0.888 bits per heavy atom. The molecule has 19 nitrogen and oxygen atoms in total. The van der Waals surface area contributed by atoms with E-state index in [9.17, 15) is 33.9 Å². The number of carbonyl (C=O) groups excluding carboxylic acids is 3. The third kappa shape index (κ3) is 15.1. The lowest BCUT2D eigenvalue weighted by molar-refractivity contribution is -0.159. The lowest BCUT2D eigenvalue weighted by Gasteiger charge is -2.38. The highest BCUT2D eigenvalue weighted by molar-refractivity contribution is 8.00.